The Morgan fingerprint density at radius 2 is 2.41 bits per heavy atom. The molecule has 10 nitrogen and oxygen atoms in total. The predicted molar refractivity (Wildman–Crippen MR) is 71.4 cm³/mol. The maximum atomic E-state index is 11.8. The summed E-state index contributed by atoms with van der Waals surface area (Å²) in [6.45, 7) is -0.191. The second-order valence-electron chi connectivity index (χ2n) is 4.86. The zero-order valence-corrected chi connectivity index (χ0v) is 11.3. The van der Waals surface area contributed by atoms with Gasteiger partial charge in [-0.05, 0) is 24.1 Å². The fourth-order valence-electron chi connectivity index (χ4n) is 2.33. The van der Waals surface area contributed by atoms with E-state index in [0.29, 0.717) is 12.8 Å². The van der Waals surface area contributed by atoms with E-state index in [-0.39, 0.29) is 35.6 Å². The van der Waals surface area contributed by atoms with Gasteiger partial charge in [0.2, 0.25) is 5.91 Å². The van der Waals surface area contributed by atoms with E-state index < -0.39 is 11.2 Å². The lowest BCUT2D eigenvalue weighted by Gasteiger charge is -2.22. The van der Waals surface area contributed by atoms with Crippen molar-refractivity contribution in [3.05, 3.63) is 44.3 Å². The molecule has 3 rings (SSSR count). The number of carbonyl (C=O) groups is 1. The molecule has 1 amide bonds. The minimum atomic E-state index is -0.562. The number of rotatable bonds is 5. The fourth-order valence-corrected chi connectivity index (χ4v) is 2.33. The Hall–Kier alpha value is -2.68. The first-order valence-electron chi connectivity index (χ1n) is 6.53. The van der Waals surface area contributed by atoms with Crippen LogP contribution in [-0.2, 0) is 21.0 Å². The minimum absolute atomic E-state index is 0.0118. The van der Waals surface area contributed by atoms with Gasteiger partial charge in [-0.25, -0.2) is 0 Å². The number of hydroxylamine groups is 2. The normalized spacial score (nSPS) is 22.7. The van der Waals surface area contributed by atoms with Crippen LogP contribution >= 0.6 is 0 Å². The zero-order valence-electron chi connectivity index (χ0n) is 11.3. The summed E-state index contributed by atoms with van der Waals surface area (Å²) in [6, 6.07) is 3.93. The lowest BCUT2D eigenvalue weighted by molar-refractivity contribution is -0.386. The van der Waals surface area contributed by atoms with Crippen molar-refractivity contribution >= 4 is 17.3 Å². The van der Waals surface area contributed by atoms with E-state index in [1.807, 2.05) is 0 Å². The number of nitrogens with zero attached hydrogens (tertiary/aromatic N) is 5. The predicted octanol–water partition coefficient (Wildman–Crippen LogP) is 2.32. The largest absolute Gasteiger partial charge is 0.345 e. The van der Waals surface area contributed by atoms with Crippen LogP contribution < -0.4 is 0 Å². The molecule has 10 heteroatoms. The van der Waals surface area contributed by atoms with E-state index in [9.17, 15) is 14.9 Å². The van der Waals surface area contributed by atoms with E-state index in [1.165, 1.54) is 18.2 Å². The molecule has 2 fully saturated rings. The summed E-state index contributed by atoms with van der Waals surface area (Å²) < 4.78 is 5.27. The van der Waals surface area contributed by atoms with Gasteiger partial charge in [-0.2, -0.15) is 5.06 Å². The fraction of sp³-hybridized carbons (Fsp3) is 0.417. The number of fused-ring (bicyclic) bond motifs is 1. The molecule has 0 aromatic heterocycles. The van der Waals surface area contributed by atoms with E-state index in [4.69, 9.17) is 15.1 Å². The molecule has 22 heavy (non-hydrogen) atoms. The lowest BCUT2D eigenvalue weighted by atomic mass is 10.1. The van der Waals surface area contributed by atoms with Crippen molar-refractivity contribution in [2.24, 2.45) is 5.11 Å². The molecule has 0 aliphatic carbocycles. The summed E-state index contributed by atoms with van der Waals surface area (Å²) in [6.07, 6.45) is 0.570. The van der Waals surface area contributed by atoms with Crippen molar-refractivity contribution in [3.8, 4) is 0 Å². The number of nitro benzene ring substituents is 1. The van der Waals surface area contributed by atoms with Crippen LogP contribution in [0.25, 0.3) is 10.4 Å². The molecule has 1 aromatic carbocycles. The molecule has 0 radical (unpaired) electrons. The highest BCUT2D eigenvalue weighted by molar-refractivity contribution is 5.76. The number of amides is 1. The summed E-state index contributed by atoms with van der Waals surface area (Å²) in [5.74, 6) is -0.215. The maximum absolute atomic E-state index is 11.8. The van der Waals surface area contributed by atoms with Crippen molar-refractivity contribution in [1.82, 2.24) is 5.06 Å². The molecule has 0 spiro atoms. The number of hydrogen-bond acceptors (Lipinski definition) is 6. The quantitative estimate of drug-likeness (QED) is 0.205. The first kappa shape index (κ1) is 14.3. The summed E-state index contributed by atoms with van der Waals surface area (Å²) >= 11 is 0. The van der Waals surface area contributed by atoms with E-state index in [0.717, 1.165) is 5.06 Å². The van der Waals surface area contributed by atoms with E-state index >= 15 is 0 Å². The number of hydrogen-bond donors (Lipinski definition) is 0. The van der Waals surface area contributed by atoms with Gasteiger partial charge in [0, 0.05) is 23.1 Å². The summed E-state index contributed by atoms with van der Waals surface area (Å²) in [5.41, 5.74) is 8.70. The van der Waals surface area contributed by atoms with Gasteiger partial charge in [0.05, 0.1) is 10.5 Å². The van der Waals surface area contributed by atoms with Crippen LogP contribution in [0, 0.1) is 10.1 Å². The lowest BCUT2D eigenvalue weighted by Crippen LogP contribution is -2.38. The second kappa shape index (κ2) is 5.60. The highest BCUT2D eigenvalue weighted by atomic mass is 16.8. The number of ether oxygens (including phenoxy) is 1. The van der Waals surface area contributed by atoms with Gasteiger partial charge >= 0.3 is 0 Å². The molecule has 1 aromatic rings. The Labute approximate surface area is 123 Å². The van der Waals surface area contributed by atoms with Crippen molar-refractivity contribution in [1.29, 1.82) is 0 Å². The van der Waals surface area contributed by atoms with Gasteiger partial charge in [0.25, 0.3) is 5.69 Å². The molecule has 0 saturated carbocycles. The molecule has 0 N–H and O–H groups in total. The van der Waals surface area contributed by atoms with Crippen LogP contribution in [0.2, 0.25) is 0 Å². The summed E-state index contributed by atoms with van der Waals surface area (Å²) in [7, 11) is 0. The smallest absolute Gasteiger partial charge is 0.275 e. The Morgan fingerprint density at radius 1 is 1.59 bits per heavy atom. The third kappa shape index (κ3) is 2.70. The Kier molecular flexibility index (Phi) is 3.63. The number of carbonyl (C=O) groups excluding carboxylic acids is 1. The topological polar surface area (TPSA) is 134 Å². The first-order chi connectivity index (χ1) is 10.6. The molecule has 2 heterocycles. The van der Waals surface area contributed by atoms with Crippen LogP contribution in [0.3, 0.4) is 0 Å². The number of piperidine rings is 1. The third-order valence-corrected chi connectivity index (χ3v) is 3.45. The third-order valence-electron chi connectivity index (χ3n) is 3.45. The van der Waals surface area contributed by atoms with Crippen molar-refractivity contribution in [2.75, 3.05) is 0 Å². The van der Waals surface area contributed by atoms with Gasteiger partial charge in [0.1, 0.15) is 12.7 Å². The van der Waals surface area contributed by atoms with E-state index in [1.54, 1.807) is 0 Å². The monoisotopic (exact) mass is 305 g/mol. The average Bonchev–Trinajstić information content (AvgIpc) is 3.26. The zero-order chi connectivity index (χ0) is 15.7. The SMILES string of the molecule is [N-]=[N+]=Nc1ccc([N+](=O)[O-])c(CON2C(=O)CCC3OC32)c1. The molecule has 2 unspecified atom stereocenters. The summed E-state index contributed by atoms with van der Waals surface area (Å²) in [4.78, 5) is 30.2. The van der Waals surface area contributed by atoms with Crippen molar-refractivity contribution in [2.45, 2.75) is 31.8 Å². The van der Waals surface area contributed by atoms with Crippen LogP contribution in [0.4, 0.5) is 11.4 Å². The van der Waals surface area contributed by atoms with Gasteiger partial charge in [-0.3, -0.25) is 19.7 Å². The van der Waals surface area contributed by atoms with Crippen LogP contribution in [-0.4, -0.2) is 28.2 Å². The number of epoxide rings is 1. The highest BCUT2D eigenvalue weighted by Gasteiger charge is 2.50. The number of nitro groups is 1. The molecule has 2 aliphatic heterocycles. The molecular formula is C12H11N5O5. The Morgan fingerprint density at radius 3 is 3.14 bits per heavy atom. The van der Waals surface area contributed by atoms with Crippen LogP contribution in [0.1, 0.15) is 18.4 Å². The molecule has 0 bridgehead atoms. The van der Waals surface area contributed by atoms with Crippen molar-refractivity contribution in [3.63, 3.8) is 0 Å². The molecular weight excluding hydrogens is 294 g/mol. The number of benzene rings is 1. The second-order valence-corrected chi connectivity index (χ2v) is 4.86. The Bertz CT molecular complexity index is 686. The molecule has 114 valence electrons. The first-order valence-corrected chi connectivity index (χ1v) is 6.53. The summed E-state index contributed by atoms with van der Waals surface area (Å²) in [5, 5.41) is 15.5. The van der Waals surface area contributed by atoms with Gasteiger partial charge in [-0.1, -0.05) is 5.11 Å². The van der Waals surface area contributed by atoms with Gasteiger partial charge in [-0.15, -0.1) is 0 Å². The number of azide groups is 1. The van der Waals surface area contributed by atoms with Gasteiger partial charge in [0.15, 0.2) is 6.23 Å². The standard InChI is InChI=1S/C12H11N5O5/c13-15-14-8-1-2-9(17(19)20)7(5-8)6-21-16-11(18)4-3-10-12(16)22-10/h1-2,5,10,12H,3-4,6H2. The Balaban J connectivity index is 1.78. The highest BCUT2D eigenvalue weighted by Crippen LogP contribution is 2.36. The van der Waals surface area contributed by atoms with Crippen LogP contribution in [0.15, 0.2) is 23.3 Å². The van der Waals surface area contributed by atoms with Crippen LogP contribution in [0.5, 0.6) is 0 Å². The van der Waals surface area contributed by atoms with E-state index in [2.05, 4.69) is 10.0 Å². The van der Waals surface area contributed by atoms with Crippen molar-refractivity contribution < 1.29 is 19.3 Å². The van der Waals surface area contributed by atoms with Gasteiger partial charge < -0.3 is 4.74 Å². The maximum Gasteiger partial charge on any atom is 0.275 e. The minimum Gasteiger partial charge on any atom is -0.345 e. The molecule has 2 saturated heterocycles. The molecule has 2 atom stereocenters. The average molecular weight is 305 g/mol. The molecule has 2 aliphatic rings.